The second-order valence-electron chi connectivity index (χ2n) is 6.65. The molecular formula is C19H21N5O2. The number of anilines is 2. The van der Waals surface area contributed by atoms with Gasteiger partial charge >= 0.3 is 0 Å². The molecular weight excluding hydrogens is 330 g/mol. The van der Waals surface area contributed by atoms with Crippen LogP contribution in [-0.2, 0) is 6.54 Å². The van der Waals surface area contributed by atoms with Crippen LogP contribution in [0.3, 0.4) is 0 Å². The predicted octanol–water partition coefficient (Wildman–Crippen LogP) is 2.45. The van der Waals surface area contributed by atoms with Crippen LogP contribution in [0.15, 0.2) is 36.4 Å². The molecule has 1 aromatic carbocycles. The molecule has 26 heavy (non-hydrogen) atoms. The van der Waals surface area contributed by atoms with Crippen molar-refractivity contribution in [2.75, 3.05) is 18.1 Å². The van der Waals surface area contributed by atoms with Crippen molar-refractivity contribution in [2.24, 2.45) is 5.92 Å². The molecule has 0 aliphatic heterocycles. The topological polar surface area (TPSA) is 119 Å². The summed E-state index contributed by atoms with van der Waals surface area (Å²) < 4.78 is 5.81. The van der Waals surface area contributed by atoms with Crippen LogP contribution in [-0.4, -0.2) is 22.5 Å². The Morgan fingerprint density at radius 3 is 2.85 bits per heavy atom. The molecule has 0 spiro atoms. The van der Waals surface area contributed by atoms with Crippen molar-refractivity contribution in [2.45, 2.75) is 19.4 Å². The van der Waals surface area contributed by atoms with Crippen LogP contribution in [0.4, 0.5) is 11.6 Å². The second-order valence-corrected chi connectivity index (χ2v) is 6.65. The lowest BCUT2D eigenvalue weighted by molar-refractivity contribution is 0.0951. The van der Waals surface area contributed by atoms with E-state index < -0.39 is 0 Å². The minimum atomic E-state index is -0.290. The molecule has 1 aliphatic carbocycles. The minimum Gasteiger partial charge on any atom is -0.493 e. The van der Waals surface area contributed by atoms with E-state index >= 15 is 0 Å². The molecule has 134 valence electrons. The Morgan fingerprint density at radius 1 is 1.23 bits per heavy atom. The number of nitrogens with one attached hydrogen (secondary N) is 2. The van der Waals surface area contributed by atoms with Gasteiger partial charge in [0.05, 0.1) is 18.7 Å². The largest absolute Gasteiger partial charge is 0.493 e. The number of fused-ring (bicyclic) bond motifs is 1. The van der Waals surface area contributed by atoms with Crippen molar-refractivity contribution >= 4 is 28.4 Å². The number of nitrogen functional groups attached to an aromatic ring is 2. The molecule has 0 atom stereocenters. The molecule has 6 N–H and O–H groups in total. The van der Waals surface area contributed by atoms with Crippen molar-refractivity contribution in [3.63, 3.8) is 0 Å². The van der Waals surface area contributed by atoms with Gasteiger partial charge in [0.25, 0.3) is 5.91 Å². The number of hydrogen-bond acceptors (Lipinski definition) is 5. The molecule has 4 rings (SSSR count). The number of carbonyl (C=O) groups excluding carboxylic acids is 1. The van der Waals surface area contributed by atoms with Gasteiger partial charge in [-0.15, -0.1) is 0 Å². The summed E-state index contributed by atoms with van der Waals surface area (Å²) in [4.78, 5) is 19.5. The van der Waals surface area contributed by atoms with Gasteiger partial charge in [0.2, 0.25) is 0 Å². The number of benzene rings is 1. The quantitative estimate of drug-likeness (QED) is 0.544. The molecule has 2 heterocycles. The Bertz CT molecular complexity index is 962. The van der Waals surface area contributed by atoms with Gasteiger partial charge in [-0.1, -0.05) is 0 Å². The van der Waals surface area contributed by atoms with Gasteiger partial charge in [-0.3, -0.25) is 4.79 Å². The van der Waals surface area contributed by atoms with Gasteiger partial charge in [0.1, 0.15) is 17.4 Å². The number of amides is 1. The first-order valence-corrected chi connectivity index (χ1v) is 8.63. The minimum absolute atomic E-state index is 0.122. The van der Waals surface area contributed by atoms with Crippen LogP contribution < -0.4 is 21.5 Å². The van der Waals surface area contributed by atoms with Gasteiger partial charge in [0, 0.05) is 17.3 Å². The van der Waals surface area contributed by atoms with E-state index in [2.05, 4.69) is 15.3 Å². The third-order valence-electron chi connectivity index (χ3n) is 4.46. The number of aromatic nitrogens is 2. The number of nitrogens with zero attached hydrogens (tertiary/aromatic N) is 1. The van der Waals surface area contributed by atoms with Crippen LogP contribution >= 0.6 is 0 Å². The highest BCUT2D eigenvalue weighted by molar-refractivity contribution is 5.98. The third-order valence-corrected chi connectivity index (χ3v) is 4.46. The number of H-pyrrole nitrogens is 1. The third kappa shape index (κ3) is 3.56. The standard InChI is InChI=1S/C19H21N5O2/c20-17-6-5-15(18(21)24-17)19(25)22-9-13-7-12-3-4-14(8-16(12)23-13)26-10-11-1-2-11/h3-8,11,23H,1-2,9-10H2,(H,22,25)(H4,20,21,24). The van der Waals surface area contributed by atoms with Crippen molar-refractivity contribution < 1.29 is 9.53 Å². The van der Waals surface area contributed by atoms with Gasteiger partial charge in [-0.25, -0.2) is 4.98 Å². The molecule has 1 amide bonds. The number of aromatic amines is 1. The Labute approximate surface area is 150 Å². The van der Waals surface area contributed by atoms with Crippen LogP contribution in [0.5, 0.6) is 5.75 Å². The lowest BCUT2D eigenvalue weighted by atomic mass is 10.2. The molecule has 3 aromatic rings. The molecule has 1 saturated carbocycles. The smallest absolute Gasteiger partial charge is 0.255 e. The van der Waals surface area contributed by atoms with E-state index in [4.69, 9.17) is 16.2 Å². The maximum atomic E-state index is 12.3. The lowest BCUT2D eigenvalue weighted by Crippen LogP contribution is -2.24. The highest BCUT2D eigenvalue weighted by Gasteiger charge is 2.21. The summed E-state index contributed by atoms with van der Waals surface area (Å²) >= 11 is 0. The number of pyridine rings is 1. The molecule has 1 fully saturated rings. The van der Waals surface area contributed by atoms with Gasteiger partial charge in [-0.05, 0) is 54.5 Å². The van der Waals surface area contributed by atoms with E-state index in [1.165, 1.54) is 12.8 Å². The van der Waals surface area contributed by atoms with E-state index in [0.29, 0.717) is 12.1 Å². The highest BCUT2D eigenvalue weighted by Crippen LogP contribution is 2.30. The Hall–Kier alpha value is -3.22. The molecule has 0 bridgehead atoms. The molecule has 0 radical (unpaired) electrons. The lowest BCUT2D eigenvalue weighted by Gasteiger charge is -2.06. The first-order valence-electron chi connectivity index (χ1n) is 8.63. The Balaban J connectivity index is 1.42. The van der Waals surface area contributed by atoms with E-state index in [1.54, 1.807) is 12.1 Å². The molecule has 7 heteroatoms. The van der Waals surface area contributed by atoms with Crippen molar-refractivity contribution in [1.29, 1.82) is 0 Å². The van der Waals surface area contributed by atoms with Gasteiger partial charge in [0.15, 0.2) is 0 Å². The summed E-state index contributed by atoms with van der Waals surface area (Å²) in [5.74, 6) is 1.70. The molecule has 2 aromatic heterocycles. The van der Waals surface area contributed by atoms with E-state index in [-0.39, 0.29) is 17.5 Å². The summed E-state index contributed by atoms with van der Waals surface area (Å²) in [6.07, 6.45) is 2.53. The Kier molecular flexibility index (Phi) is 4.12. The monoisotopic (exact) mass is 351 g/mol. The highest BCUT2D eigenvalue weighted by atomic mass is 16.5. The van der Waals surface area contributed by atoms with Crippen LogP contribution in [0.25, 0.3) is 10.9 Å². The number of rotatable bonds is 6. The fourth-order valence-corrected chi connectivity index (χ4v) is 2.80. The summed E-state index contributed by atoms with van der Waals surface area (Å²) in [6, 6.07) is 11.1. The maximum absolute atomic E-state index is 12.3. The fourth-order valence-electron chi connectivity index (χ4n) is 2.80. The number of nitrogens with two attached hydrogens (primary N) is 2. The zero-order chi connectivity index (χ0) is 18.1. The zero-order valence-corrected chi connectivity index (χ0v) is 14.3. The maximum Gasteiger partial charge on any atom is 0.255 e. The van der Waals surface area contributed by atoms with E-state index in [1.807, 2.05) is 24.3 Å². The van der Waals surface area contributed by atoms with E-state index in [0.717, 1.165) is 34.9 Å². The summed E-state index contributed by atoms with van der Waals surface area (Å²) in [6.45, 7) is 1.14. The zero-order valence-electron chi connectivity index (χ0n) is 14.3. The average Bonchev–Trinajstić information content (AvgIpc) is 3.35. The summed E-state index contributed by atoms with van der Waals surface area (Å²) in [5.41, 5.74) is 13.5. The van der Waals surface area contributed by atoms with Crippen molar-refractivity contribution in [3.05, 3.63) is 47.7 Å². The summed E-state index contributed by atoms with van der Waals surface area (Å²) in [7, 11) is 0. The van der Waals surface area contributed by atoms with Crippen LogP contribution in [0, 0.1) is 5.92 Å². The van der Waals surface area contributed by atoms with E-state index in [9.17, 15) is 4.79 Å². The average molecular weight is 351 g/mol. The summed E-state index contributed by atoms with van der Waals surface area (Å²) in [5, 5.41) is 3.91. The van der Waals surface area contributed by atoms with Gasteiger partial charge < -0.3 is 26.5 Å². The second kappa shape index (κ2) is 6.59. The SMILES string of the molecule is Nc1ccc(C(=O)NCc2cc3ccc(OCC4CC4)cc3[nH]2)c(N)n1. The molecule has 7 nitrogen and oxygen atoms in total. The van der Waals surface area contributed by atoms with Gasteiger partial charge in [-0.2, -0.15) is 0 Å². The first-order chi connectivity index (χ1) is 12.6. The van der Waals surface area contributed by atoms with Crippen molar-refractivity contribution in [1.82, 2.24) is 15.3 Å². The van der Waals surface area contributed by atoms with Crippen molar-refractivity contribution in [3.8, 4) is 5.75 Å². The van der Waals surface area contributed by atoms with Crippen LogP contribution in [0.1, 0.15) is 28.9 Å². The molecule has 0 unspecified atom stereocenters. The fraction of sp³-hybridized carbons (Fsp3) is 0.263. The van der Waals surface area contributed by atoms with Crippen LogP contribution in [0.2, 0.25) is 0 Å². The number of carbonyl (C=O) groups is 1. The molecule has 1 aliphatic rings. The number of ether oxygens (including phenoxy) is 1. The Morgan fingerprint density at radius 2 is 2.08 bits per heavy atom. The first kappa shape index (κ1) is 16.3. The molecule has 0 saturated heterocycles. The predicted molar refractivity (Wildman–Crippen MR) is 101 cm³/mol. The normalized spacial score (nSPS) is 13.7. The number of hydrogen-bond donors (Lipinski definition) is 4.